The fourth-order valence-corrected chi connectivity index (χ4v) is 3.14. The Morgan fingerprint density at radius 3 is 1.28 bits per heavy atom. The lowest BCUT2D eigenvalue weighted by Crippen LogP contribution is -2.62. The summed E-state index contributed by atoms with van der Waals surface area (Å²) in [5, 5.41) is 135. The van der Waals surface area contributed by atoms with Crippen LogP contribution in [0.1, 0.15) is 0 Å². The van der Waals surface area contributed by atoms with E-state index in [0.29, 0.717) is 0 Å². The normalized spacial score (nSPS) is 49.2. The molecule has 3 unspecified atom stereocenters. The Morgan fingerprint density at radius 1 is 0.556 bits per heavy atom. The minimum atomic E-state index is -2.17. The van der Waals surface area contributed by atoms with Crippen LogP contribution in [-0.4, -0.2) is 189 Å². The average molecular weight is 540 g/mol. The van der Waals surface area contributed by atoms with Gasteiger partial charge >= 0.3 is 0 Å². The molecule has 0 saturated carbocycles. The Hall–Kier alpha value is -0.720. The highest BCUT2D eigenvalue weighted by atomic mass is 16.7. The van der Waals surface area contributed by atoms with Crippen molar-refractivity contribution in [1.29, 1.82) is 0 Å². The molecule has 18 heteroatoms. The van der Waals surface area contributed by atoms with E-state index in [2.05, 4.69) is 14.2 Å². The molecule has 3 saturated heterocycles. The molecule has 3 rings (SSSR count). The van der Waals surface area contributed by atoms with Crippen LogP contribution in [0.5, 0.6) is 0 Å². The number of aliphatic hydroxyl groups excluding tert-OH is 13. The van der Waals surface area contributed by atoms with E-state index in [0.717, 1.165) is 0 Å². The van der Waals surface area contributed by atoms with E-state index in [1.54, 1.807) is 0 Å². The summed E-state index contributed by atoms with van der Waals surface area (Å²) in [7, 11) is 0. The van der Waals surface area contributed by atoms with E-state index in [4.69, 9.17) is 66.4 Å². The Balaban J connectivity index is 0.000000270. The molecule has 0 amide bonds. The Labute approximate surface area is 203 Å². The minimum Gasteiger partial charge on any atom is -0.394 e. The zero-order valence-electron chi connectivity index (χ0n) is 18.8. The number of aliphatic hydroxyl groups is 15. The summed E-state index contributed by atoms with van der Waals surface area (Å²) >= 11 is 0. The Morgan fingerprint density at radius 2 is 0.944 bits per heavy atom. The standard InChI is InChI=1S/3C6H12O6/c2*7-2-6(11)5(10)4(9)3(8)1-12-6;7-1-2-3(8)4(9)5(10)6(11)12-2/h2*3-5,7-11H,1-2H2;2-11H,1H2/t3-,4-,5+,6?;3-,4-,5-,6?;2-,3-,4+,5-,6?/m111/s1. The number of ether oxygens (including phenoxy) is 3. The van der Waals surface area contributed by atoms with Gasteiger partial charge in [-0.3, -0.25) is 0 Å². The second-order valence-electron chi connectivity index (χ2n) is 8.35. The fraction of sp³-hybridized carbons (Fsp3) is 1.00. The largest absolute Gasteiger partial charge is 0.394 e. The van der Waals surface area contributed by atoms with Gasteiger partial charge in [0.1, 0.15) is 61.0 Å². The van der Waals surface area contributed by atoms with E-state index in [1.807, 2.05) is 0 Å². The van der Waals surface area contributed by atoms with Gasteiger partial charge in [-0.2, -0.15) is 0 Å². The molecule has 13 atom stereocenters. The molecule has 0 radical (unpaired) electrons. The van der Waals surface area contributed by atoms with Gasteiger partial charge in [-0.25, -0.2) is 0 Å². The average Bonchev–Trinajstić information content (AvgIpc) is 2.88. The molecule has 0 spiro atoms. The van der Waals surface area contributed by atoms with Crippen molar-refractivity contribution < 1.29 is 90.8 Å². The van der Waals surface area contributed by atoms with Crippen LogP contribution in [0.15, 0.2) is 0 Å². The van der Waals surface area contributed by atoms with Gasteiger partial charge in [0.25, 0.3) is 0 Å². The monoisotopic (exact) mass is 540 g/mol. The predicted octanol–water partition coefficient (Wildman–Crippen LogP) is -9.66. The minimum absolute atomic E-state index is 0.324. The second kappa shape index (κ2) is 13.9. The number of hydrogen-bond donors (Lipinski definition) is 15. The van der Waals surface area contributed by atoms with Gasteiger partial charge < -0.3 is 90.8 Å². The first-order valence-electron chi connectivity index (χ1n) is 10.6. The predicted molar refractivity (Wildman–Crippen MR) is 108 cm³/mol. The first-order valence-corrected chi connectivity index (χ1v) is 10.6. The summed E-state index contributed by atoms with van der Waals surface area (Å²) in [4.78, 5) is 0. The number of hydrogen-bond acceptors (Lipinski definition) is 18. The van der Waals surface area contributed by atoms with Gasteiger partial charge in [0, 0.05) is 0 Å². The third kappa shape index (κ3) is 7.66. The van der Waals surface area contributed by atoms with Gasteiger partial charge in [-0.05, 0) is 0 Å². The van der Waals surface area contributed by atoms with E-state index in [1.165, 1.54) is 0 Å². The van der Waals surface area contributed by atoms with Gasteiger partial charge in [0.2, 0.25) is 11.6 Å². The summed E-state index contributed by atoms with van der Waals surface area (Å²) in [6.07, 6.45) is -15.9. The Kier molecular flexibility index (Phi) is 12.9. The van der Waals surface area contributed by atoms with Crippen molar-refractivity contribution in [2.24, 2.45) is 0 Å². The molecule has 36 heavy (non-hydrogen) atoms. The van der Waals surface area contributed by atoms with Crippen LogP contribution in [0.2, 0.25) is 0 Å². The Bertz CT molecular complexity index is 602. The van der Waals surface area contributed by atoms with Crippen LogP contribution in [0.25, 0.3) is 0 Å². The lowest BCUT2D eigenvalue weighted by atomic mass is 9.98. The van der Waals surface area contributed by atoms with E-state index >= 15 is 0 Å². The topological polar surface area (TPSA) is 331 Å². The molecule has 0 bridgehead atoms. The molecule has 0 aliphatic carbocycles. The summed E-state index contributed by atoms with van der Waals surface area (Å²) in [6.45, 7) is -2.84. The van der Waals surface area contributed by atoms with Crippen molar-refractivity contribution in [2.75, 3.05) is 33.0 Å². The zero-order valence-corrected chi connectivity index (χ0v) is 18.8. The quantitative estimate of drug-likeness (QED) is 0.158. The molecule has 3 aliphatic heterocycles. The lowest BCUT2D eigenvalue weighted by Gasteiger charge is -2.40. The summed E-state index contributed by atoms with van der Waals surface area (Å²) < 4.78 is 13.7. The molecule has 0 aromatic carbocycles. The molecular weight excluding hydrogens is 504 g/mol. The van der Waals surface area contributed by atoms with Crippen molar-refractivity contribution in [1.82, 2.24) is 0 Å². The molecule has 3 heterocycles. The van der Waals surface area contributed by atoms with Crippen molar-refractivity contribution in [3.05, 3.63) is 0 Å². The van der Waals surface area contributed by atoms with Crippen molar-refractivity contribution in [2.45, 2.75) is 78.9 Å². The first kappa shape index (κ1) is 33.3. The molecule has 15 N–H and O–H groups in total. The second-order valence-corrected chi connectivity index (χ2v) is 8.35. The fourth-order valence-electron chi connectivity index (χ4n) is 3.14. The highest BCUT2D eigenvalue weighted by Crippen LogP contribution is 2.24. The highest BCUT2D eigenvalue weighted by Gasteiger charge is 2.49. The van der Waals surface area contributed by atoms with Crippen molar-refractivity contribution in [3.63, 3.8) is 0 Å². The van der Waals surface area contributed by atoms with E-state index < -0.39 is 98.7 Å². The van der Waals surface area contributed by atoms with E-state index in [-0.39, 0.29) is 13.2 Å². The summed E-state index contributed by atoms with van der Waals surface area (Å²) in [5.41, 5.74) is 0. The lowest BCUT2D eigenvalue weighted by molar-refractivity contribution is -0.331. The van der Waals surface area contributed by atoms with Crippen molar-refractivity contribution >= 4 is 0 Å². The van der Waals surface area contributed by atoms with Crippen LogP contribution < -0.4 is 0 Å². The van der Waals surface area contributed by atoms with Crippen LogP contribution >= 0.6 is 0 Å². The SMILES string of the molecule is OCC1(O)OC[C@@H](O)[C@@H](O)[C@@H]1O.OCC1(O)OC[C@@H](O)[C@@H](O)[C@H]1O.OC[C@H]1OC(O)[C@H](O)[C@@H](O)[C@@H]1O. The van der Waals surface area contributed by atoms with E-state index in [9.17, 15) is 10.2 Å². The van der Waals surface area contributed by atoms with Gasteiger partial charge in [-0.15, -0.1) is 0 Å². The van der Waals surface area contributed by atoms with Crippen LogP contribution in [0.3, 0.4) is 0 Å². The maximum absolute atomic E-state index is 9.24. The third-order valence-electron chi connectivity index (χ3n) is 5.69. The molecule has 0 aromatic heterocycles. The van der Waals surface area contributed by atoms with Crippen LogP contribution in [-0.2, 0) is 14.2 Å². The summed E-state index contributed by atoms with van der Waals surface area (Å²) in [5.74, 6) is -4.34. The smallest absolute Gasteiger partial charge is 0.218 e. The third-order valence-corrected chi connectivity index (χ3v) is 5.69. The molecule has 3 fully saturated rings. The molecule has 3 aliphatic rings. The summed E-state index contributed by atoms with van der Waals surface area (Å²) in [6, 6.07) is 0. The maximum Gasteiger partial charge on any atom is 0.218 e. The molecule has 216 valence electrons. The first-order chi connectivity index (χ1) is 16.6. The number of rotatable bonds is 3. The van der Waals surface area contributed by atoms with Gasteiger partial charge in [0.05, 0.1) is 33.0 Å². The van der Waals surface area contributed by atoms with Crippen LogP contribution in [0, 0.1) is 0 Å². The zero-order chi connectivity index (χ0) is 28.0. The highest BCUT2D eigenvalue weighted by molar-refractivity contribution is 4.92. The van der Waals surface area contributed by atoms with Gasteiger partial charge in [0.15, 0.2) is 6.29 Å². The maximum atomic E-state index is 9.24. The molecule has 0 aromatic rings. The van der Waals surface area contributed by atoms with Gasteiger partial charge in [-0.1, -0.05) is 0 Å². The molecule has 18 nitrogen and oxygen atoms in total. The van der Waals surface area contributed by atoms with Crippen LogP contribution in [0.4, 0.5) is 0 Å². The van der Waals surface area contributed by atoms with Crippen molar-refractivity contribution in [3.8, 4) is 0 Å². The molecular formula is C18H36O18.